The number of rotatable bonds is 2. The van der Waals surface area contributed by atoms with E-state index in [1.807, 2.05) is 0 Å². The molecule has 4 heteroatoms. The molecule has 0 spiro atoms. The predicted molar refractivity (Wildman–Crippen MR) is 67.2 cm³/mol. The average molecular weight is 254 g/mol. The van der Waals surface area contributed by atoms with Crippen LogP contribution in [0.3, 0.4) is 0 Å². The molecule has 1 aromatic rings. The molecule has 1 aliphatic rings. The maximum atomic E-state index is 11.9. The van der Waals surface area contributed by atoms with Crippen molar-refractivity contribution in [2.45, 2.75) is 37.8 Å². The van der Waals surface area contributed by atoms with Crippen molar-refractivity contribution in [1.82, 2.24) is 5.32 Å². The van der Waals surface area contributed by atoms with E-state index in [0.29, 0.717) is 10.6 Å². The monoisotopic (exact) mass is 253 g/mol. The molecule has 0 saturated heterocycles. The Morgan fingerprint density at radius 2 is 1.88 bits per heavy atom. The van der Waals surface area contributed by atoms with Gasteiger partial charge in [-0.05, 0) is 37.1 Å². The number of hydrogen-bond donors (Lipinski definition) is 2. The highest BCUT2D eigenvalue weighted by molar-refractivity contribution is 6.30. The van der Waals surface area contributed by atoms with E-state index >= 15 is 0 Å². The lowest BCUT2D eigenvalue weighted by Crippen LogP contribution is -2.45. The van der Waals surface area contributed by atoms with Gasteiger partial charge in [-0.3, -0.25) is 4.79 Å². The van der Waals surface area contributed by atoms with Gasteiger partial charge in [0.25, 0.3) is 5.91 Å². The summed E-state index contributed by atoms with van der Waals surface area (Å²) in [6.45, 7) is 0. The number of nitrogens with one attached hydrogen (secondary N) is 1. The first kappa shape index (κ1) is 12.4. The molecule has 0 radical (unpaired) electrons. The highest BCUT2D eigenvalue weighted by Crippen LogP contribution is 2.19. The maximum Gasteiger partial charge on any atom is 0.251 e. The van der Waals surface area contributed by atoms with Gasteiger partial charge in [-0.15, -0.1) is 0 Å². The molecule has 17 heavy (non-hydrogen) atoms. The topological polar surface area (TPSA) is 49.3 Å². The molecule has 0 bridgehead atoms. The second-order valence-electron chi connectivity index (χ2n) is 4.44. The van der Waals surface area contributed by atoms with Crippen LogP contribution in [0.5, 0.6) is 0 Å². The quantitative estimate of drug-likeness (QED) is 0.850. The third-order valence-corrected chi connectivity index (χ3v) is 3.40. The Morgan fingerprint density at radius 1 is 1.24 bits per heavy atom. The van der Waals surface area contributed by atoms with E-state index in [4.69, 9.17) is 11.6 Å². The molecular weight excluding hydrogens is 238 g/mol. The van der Waals surface area contributed by atoms with Crippen molar-refractivity contribution in [3.63, 3.8) is 0 Å². The maximum absolute atomic E-state index is 11.9. The zero-order valence-corrected chi connectivity index (χ0v) is 10.3. The fourth-order valence-corrected chi connectivity index (χ4v) is 2.26. The number of aliphatic hydroxyl groups excluding tert-OH is 1. The lowest BCUT2D eigenvalue weighted by atomic mass is 9.92. The van der Waals surface area contributed by atoms with Gasteiger partial charge in [-0.1, -0.05) is 24.4 Å². The van der Waals surface area contributed by atoms with Crippen LogP contribution in [0.1, 0.15) is 36.0 Å². The summed E-state index contributed by atoms with van der Waals surface area (Å²) in [6.07, 6.45) is 3.29. The second kappa shape index (κ2) is 5.52. The number of amides is 1. The molecule has 2 N–H and O–H groups in total. The molecule has 92 valence electrons. The normalized spacial score (nSPS) is 24.4. The van der Waals surface area contributed by atoms with Crippen molar-refractivity contribution in [1.29, 1.82) is 0 Å². The number of carbonyl (C=O) groups excluding carboxylic acids is 1. The van der Waals surface area contributed by atoms with Gasteiger partial charge in [0.05, 0.1) is 12.1 Å². The summed E-state index contributed by atoms with van der Waals surface area (Å²) in [5.74, 6) is -0.146. The lowest BCUT2D eigenvalue weighted by molar-refractivity contribution is 0.0717. The Hall–Kier alpha value is -1.06. The fraction of sp³-hybridized carbons (Fsp3) is 0.462. The van der Waals surface area contributed by atoms with Crippen molar-refractivity contribution >= 4 is 17.5 Å². The molecule has 0 aliphatic heterocycles. The molecule has 2 unspecified atom stereocenters. The van der Waals surface area contributed by atoms with Crippen LogP contribution in [0.2, 0.25) is 5.02 Å². The molecule has 1 amide bonds. The van der Waals surface area contributed by atoms with Crippen LogP contribution in [0, 0.1) is 0 Å². The van der Waals surface area contributed by atoms with E-state index < -0.39 is 6.10 Å². The van der Waals surface area contributed by atoms with Crippen molar-refractivity contribution in [3.05, 3.63) is 34.9 Å². The standard InChI is InChI=1S/C13H16ClNO2/c14-10-7-5-9(6-8-10)13(17)15-11-3-1-2-4-12(11)16/h5-8,11-12,16H,1-4H2,(H,15,17). The zero-order chi connectivity index (χ0) is 12.3. The third kappa shape index (κ3) is 3.20. The molecule has 3 nitrogen and oxygen atoms in total. The molecule has 1 aliphatic carbocycles. The first-order chi connectivity index (χ1) is 8.16. The van der Waals surface area contributed by atoms with E-state index in [-0.39, 0.29) is 11.9 Å². The van der Waals surface area contributed by atoms with E-state index in [1.165, 1.54) is 0 Å². The Bertz CT molecular complexity index is 391. The molecule has 0 heterocycles. The Labute approximate surface area is 106 Å². The van der Waals surface area contributed by atoms with E-state index in [2.05, 4.69) is 5.32 Å². The highest BCUT2D eigenvalue weighted by Gasteiger charge is 2.24. The minimum absolute atomic E-state index is 0.119. The molecule has 2 rings (SSSR count). The van der Waals surface area contributed by atoms with Crippen molar-refractivity contribution in [3.8, 4) is 0 Å². The Kier molecular flexibility index (Phi) is 4.02. The minimum Gasteiger partial charge on any atom is -0.391 e. The van der Waals surface area contributed by atoms with Crippen molar-refractivity contribution in [2.75, 3.05) is 0 Å². The first-order valence-corrected chi connectivity index (χ1v) is 6.29. The van der Waals surface area contributed by atoms with Crippen LogP contribution < -0.4 is 5.32 Å². The average Bonchev–Trinajstić information content (AvgIpc) is 2.33. The summed E-state index contributed by atoms with van der Waals surface area (Å²) in [5.41, 5.74) is 0.576. The predicted octanol–water partition coefficient (Wildman–Crippen LogP) is 2.37. The van der Waals surface area contributed by atoms with Gasteiger partial charge >= 0.3 is 0 Å². The summed E-state index contributed by atoms with van der Waals surface area (Å²) in [5, 5.41) is 13.3. The van der Waals surface area contributed by atoms with Crippen LogP contribution in [0.25, 0.3) is 0 Å². The molecule has 2 atom stereocenters. The molecular formula is C13H16ClNO2. The summed E-state index contributed by atoms with van der Waals surface area (Å²) >= 11 is 5.76. The summed E-state index contributed by atoms with van der Waals surface area (Å²) in [4.78, 5) is 11.9. The number of hydrogen-bond acceptors (Lipinski definition) is 2. The van der Waals surface area contributed by atoms with Gasteiger partial charge in [0.15, 0.2) is 0 Å². The van der Waals surface area contributed by atoms with Gasteiger partial charge in [0.2, 0.25) is 0 Å². The summed E-state index contributed by atoms with van der Waals surface area (Å²) in [7, 11) is 0. The largest absolute Gasteiger partial charge is 0.391 e. The van der Waals surface area contributed by atoms with Crippen LogP contribution in [-0.4, -0.2) is 23.2 Å². The minimum atomic E-state index is -0.417. The van der Waals surface area contributed by atoms with Gasteiger partial charge in [-0.2, -0.15) is 0 Å². The van der Waals surface area contributed by atoms with Crippen LogP contribution >= 0.6 is 11.6 Å². The lowest BCUT2D eigenvalue weighted by Gasteiger charge is -2.28. The fourth-order valence-electron chi connectivity index (χ4n) is 2.13. The highest BCUT2D eigenvalue weighted by atomic mass is 35.5. The van der Waals surface area contributed by atoms with Crippen LogP contribution in [0.4, 0.5) is 0 Å². The van der Waals surface area contributed by atoms with Gasteiger partial charge in [0, 0.05) is 10.6 Å². The summed E-state index contributed by atoms with van der Waals surface area (Å²) in [6, 6.07) is 6.63. The van der Waals surface area contributed by atoms with Crippen molar-refractivity contribution < 1.29 is 9.90 Å². The Balaban J connectivity index is 1.98. The zero-order valence-electron chi connectivity index (χ0n) is 9.53. The van der Waals surface area contributed by atoms with Gasteiger partial charge < -0.3 is 10.4 Å². The van der Waals surface area contributed by atoms with Crippen molar-refractivity contribution in [2.24, 2.45) is 0 Å². The van der Waals surface area contributed by atoms with Gasteiger partial charge in [-0.25, -0.2) is 0 Å². The number of aliphatic hydroxyl groups is 1. The van der Waals surface area contributed by atoms with Crippen LogP contribution in [0.15, 0.2) is 24.3 Å². The molecule has 1 aromatic carbocycles. The van der Waals surface area contributed by atoms with E-state index in [1.54, 1.807) is 24.3 Å². The number of benzene rings is 1. The van der Waals surface area contributed by atoms with E-state index in [9.17, 15) is 9.90 Å². The number of carbonyl (C=O) groups is 1. The second-order valence-corrected chi connectivity index (χ2v) is 4.88. The summed E-state index contributed by atoms with van der Waals surface area (Å²) < 4.78 is 0. The van der Waals surface area contributed by atoms with E-state index in [0.717, 1.165) is 25.7 Å². The Morgan fingerprint density at radius 3 is 2.53 bits per heavy atom. The smallest absolute Gasteiger partial charge is 0.251 e. The van der Waals surface area contributed by atoms with Gasteiger partial charge in [0.1, 0.15) is 0 Å². The van der Waals surface area contributed by atoms with Crippen LogP contribution in [-0.2, 0) is 0 Å². The molecule has 1 saturated carbocycles. The SMILES string of the molecule is O=C(NC1CCCCC1O)c1ccc(Cl)cc1. The molecule has 0 aromatic heterocycles. The first-order valence-electron chi connectivity index (χ1n) is 5.91. The number of halogens is 1. The molecule has 1 fully saturated rings. The third-order valence-electron chi connectivity index (χ3n) is 3.15.